The highest BCUT2D eigenvalue weighted by Crippen LogP contribution is 2.47. The third-order valence-electron chi connectivity index (χ3n) is 5.92. The molecule has 3 unspecified atom stereocenters. The molecule has 1 heteroatoms. The first-order chi connectivity index (χ1) is 8.04. The fraction of sp³-hybridized carbons (Fsp3) is 1.00. The molecule has 0 N–H and O–H groups in total. The standard InChI is InChI=1S/C16H29N/c1-16(2,3)14-6-8-17(9-7-14)15-11-12-4-5-13(15)10-12/h12-15H,4-11H2,1-3H3. The molecule has 0 amide bonds. The summed E-state index contributed by atoms with van der Waals surface area (Å²) in [6, 6.07) is 0.981. The lowest BCUT2D eigenvalue weighted by atomic mass is 9.75. The zero-order valence-electron chi connectivity index (χ0n) is 11.9. The van der Waals surface area contributed by atoms with Gasteiger partial charge in [0.2, 0.25) is 0 Å². The van der Waals surface area contributed by atoms with E-state index in [4.69, 9.17) is 0 Å². The summed E-state index contributed by atoms with van der Waals surface area (Å²) in [5, 5.41) is 0. The quantitative estimate of drug-likeness (QED) is 0.665. The van der Waals surface area contributed by atoms with Crippen molar-refractivity contribution in [1.82, 2.24) is 4.90 Å². The van der Waals surface area contributed by atoms with Crippen LogP contribution in [0.3, 0.4) is 0 Å². The average Bonchev–Trinajstić information content (AvgIpc) is 2.89. The lowest BCUT2D eigenvalue weighted by molar-refractivity contribution is 0.0617. The molecular weight excluding hydrogens is 206 g/mol. The van der Waals surface area contributed by atoms with E-state index in [1.165, 1.54) is 38.8 Å². The summed E-state index contributed by atoms with van der Waals surface area (Å²) in [4.78, 5) is 2.85. The summed E-state index contributed by atoms with van der Waals surface area (Å²) < 4.78 is 0. The van der Waals surface area contributed by atoms with Crippen molar-refractivity contribution in [2.45, 2.75) is 65.3 Å². The van der Waals surface area contributed by atoms with E-state index in [0.717, 1.165) is 23.8 Å². The normalized spacial score (nSPS) is 40.1. The summed E-state index contributed by atoms with van der Waals surface area (Å²) in [7, 11) is 0. The highest BCUT2D eigenvalue weighted by molar-refractivity contribution is 4.96. The van der Waals surface area contributed by atoms with Crippen LogP contribution in [0, 0.1) is 23.2 Å². The van der Waals surface area contributed by atoms with Crippen LogP contribution in [0.4, 0.5) is 0 Å². The lowest BCUT2D eigenvalue weighted by Gasteiger charge is -2.43. The maximum atomic E-state index is 2.85. The Bertz CT molecular complexity index is 270. The van der Waals surface area contributed by atoms with Gasteiger partial charge in [-0.15, -0.1) is 0 Å². The smallest absolute Gasteiger partial charge is 0.0126 e. The second kappa shape index (κ2) is 4.26. The van der Waals surface area contributed by atoms with Gasteiger partial charge in [-0.1, -0.05) is 27.2 Å². The van der Waals surface area contributed by atoms with Crippen molar-refractivity contribution in [3.63, 3.8) is 0 Å². The molecule has 1 nitrogen and oxygen atoms in total. The van der Waals surface area contributed by atoms with E-state index in [0.29, 0.717) is 5.41 Å². The van der Waals surface area contributed by atoms with Crippen LogP contribution >= 0.6 is 0 Å². The molecule has 3 atom stereocenters. The van der Waals surface area contributed by atoms with E-state index in [9.17, 15) is 0 Å². The van der Waals surface area contributed by atoms with E-state index >= 15 is 0 Å². The van der Waals surface area contributed by atoms with Gasteiger partial charge in [-0.05, 0) is 68.4 Å². The van der Waals surface area contributed by atoms with Gasteiger partial charge in [0.05, 0.1) is 0 Å². The SMILES string of the molecule is CC(C)(C)C1CCN(C2CC3CCC2C3)CC1. The van der Waals surface area contributed by atoms with Crippen LogP contribution in [-0.2, 0) is 0 Å². The highest BCUT2D eigenvalue weighted by atomic mass is 15.2. The third kappa shape index (κ3) is 2.28. The summed E-state index contributed by atoms with van der Waals surface area (Å²) in [5.74, 6) is 3.13. The molecule has 3 aliphatic rings. The van der Waals surface area contributed by atoms with Crippen LogP contribution in [0.1, 0.15) is 59.3 Å². The Morgan fingerprint density at radius 3 is 2.06 bits per heavy atom. The molecule has 2 bridgehead atoms. The number of fused-ring (bicyclic) bond motifs is 2. The molecule has 98 valence electrons. The molecule has 0 aromatic rings. The van der Waals surface area contributed by atoms with Crippen molar-refractivity contribution in [2.24, 2.45) is 23.2 Å². The van der Waals surface area contributed by atoms with E-state index in [1.54, 1.807) is 12.8 Å². The van der Waals surface area contributed by atoms with Gasteiger partial charge in [0, 0.05) is 6.04 Å². The maximum Gasteiger partial charge on any atom is 0.0126 e. The van der Waals surface area contributed by atoms with Crippen molar-refractivity contribution in [1.29, 1.82) is 0 Å². The second-order valence-corrected chi connectivity index (χ2v) is 7.92. The third-order valence-corrected chi connectivity index (χ3v) is 5.92. The second-order valence-electron chi connectivity index (χ2n) is 7.92. The first kappa shape index (κ1) is 12.0. The molecule has 17 heavy (non-hydrogen) atoms. The largest absolute Gasteiger partial charge is 0.300 e. The van der Waals surface area contributed by atoms with Crippen molar-refractivity contribution in [3.05, 3.63) is 0 Å². The van der Waals surface area contributed by atoms with Crippen LogP contribution in [0.25, 0.3) is 0 Å². The van der Waals surface area contributed by atoms with E-state index < -0.39 is 0 Å². The lowest BCUT2D eigenvalue weighted by Crippen LogP contribution is -2.45. The zero-order valence-corrected chi connectivity index (χ0v) is 11.9. The van der Waals surface area contributed by atoms with Crippen LogP contribution in [0.5, 0.6) is 0 Å². The van der Waals surface area contributed by atoms with Gasteiger partial charge >= 0.3 is 0 Å². The number of likely N-dealkylation sites (tertiary alicyclic amines) is 1. The predicted molar refractivity (Wildman–Crippen MR) is 73.0 cm³/mol. The van der Waals surface area contributed by atoms with Gasteiger partial charge in [0.25, 0.3) is 0 Å². The number of rotatable bonds is 1. The monoisotopic (exact) mass is 235 g/mol. The fourth-order valence-corrected chi connectivity index (χ4v) is 4.76. The Morgan fingerprint density at radius 2 is 1.59 bits per heavy atom. The van der Waals surface area contributed by atoms with E-state index in [-0.39, 0.29) is 0 Å². The molecule has 1 heterocycles. The van der Waals surface area contributed by atoms with E-state index in [1.807, 2.05) is 0 Å². The number of piperidine rings is 1. The number of hydrogen-bond acceptors (Lipinski definition) is 1. The molecule has 0 aromatic heterocycles. The minimum Gasteiger partial charge on any atom is -0.300 e. The molecule has 3 fully saturated rings. The highest BCUT2D eigenvalue weighted by Gasteiger charge is 2.43. The fourth-order valence-electron chi connectivity index (χ4n) is 4.76. The molecule has 1 saturated heterocycles. The van der Waals surface area contributed by atoms with Gasteiger partial charge in [-0.3, -0.25) is 0 Å². The molecular formula is C16H29N. The molecule has 3 rings (SSSR count). The Morgan fingerprint density at radius 1 is 0.882 bits per heavy atom. The first-order valence-electron chi connectivity index (χ1n) is 7.78. The first-order valence-corrected chi connectivity index (χ1v) is 7.78. The molecule has 0 aromatic carbocycles. The Hall–Kier alpha value is -0.0400. The molecule has 1 aliphatic heterocycles. The zero-order chi connectivity index (χ0) is 12.0. The minimum atomic E-state index is 0.529. The van der Waals surface area contributed by atoms with Crippen LogP contribution in [0.15, 0.2) is 0 Å². The van der Waals surface area contributed by atoms with Gasteiger partial charge in [0.1, 0.15) is 0 Å². The number of nitrogens with zero attached hydrogens (tertiary/aromatic N) is 1. The summed E-state index contributed by atoms with van der Waals surface area (Å²) in [6.07, 6.45) is 9.05. The summed E-state index contributed by atoms with van der Waals surface area (Å²) >= 11 is 0. The van der Waals surface area contributed by atoms with Crippen molar-refractivity contribution in [2.75, 3.05) is 13.1 Å². The maximum absolute atomic E-state index is 2.85. The van der Waals surface area contributed by atoms with Gasteiger partial charge in [-0.2, -0.15) is 0 Å². The average molecular weight is 235 g/mol. The minimum absolute atomic E-state index is 0.529. The Kier molecular flexibility index (Phi) is 3.01. The Balaban J connectivity index is 1.55. The topological polar surface area (TPSA) is 3.24 Å². The van der Waals surface area contributed by atoms with Gasteiger partial charge in [-0.25, -0.2) is 0 Å². The molecule has 0 spiro atoms. The van der Waals surface area contributed by atoms with Gasteiger partial charge in [0.15, 0.2) is 0 Å². The van der Waals surface area contributed by atoms with Crippen molar-refractivity contribution >= 4 is 0 Å². The van der Waals surface area contributed by atoms with Crippen molar-refractivity contribution in [3.8, 4) is 0 Å². The van der Waals surface area contributed by atoms with Crippen LogP contribution < -0.4 is 0 Å². The molecule has 0 radical (unpaired) electrons. The molecule has 2 aliphatic carbocycles. The van der Waals surface area contributed by atoms with E-state index in [2.05, 4.69) is 25.7 Å². The summed E-state index contributed by atoms with van der Waals surface area (Å²) in [6.45, 7) is 10.0. The predicted octanol–water partition coefficient (Wildman–Crippen LogP) is 3.93. The molecule has 2 saturated carbocycles. The van der Waals surface area contributed by atoms with Crippen molar-refractivity contribution < 1.29 is 0 Å². The van der Waals surface area contributed by atoms with Gasteiger partial charge < -0.3 is 4.90 Å². The Labute approximate surface area is 107 Å². The summed E-state index contributed by atoms with van der Waals surface area (Å²) in [5.41, 5.74) is 0.529. The number of hydrogen-bond donors (Lipinski definition) is 0. The van der Waals surface area contributed by atoms with Crippen LogP contribution in [-0.4, -0.2) is 24.0 Å². The van der Waals surface area contributed by atoms with Crippen LogP contribution in [0.2, 0.25) is 0 Å².